The van der Waals surface area contributed by atoms with Gasteiger partial charge in [0.05, 0.1) is 6.61 Å². The number of aryl methyl sites for hydroxylation is 1. The van der Waals surface area contributed by atoms with Crippen molar-refractivity contribution in [3.05, 3.63) is 34.9 Å². The number of nitrogens with two attached hydrogens (primary N) is 1. The molecule has 0 aliphatic heterocycles. The Kier molecular flexibility index (Phi) is 6.48. The van der Waals surface area contributed by atoms with Crippen LogP contribution in [-0.2, 0) is 11.3 Å². The first-order valence-corrected chi connectivity index (χ1v) is 6.80. The van der Waals surface area contributed by atoms with Crippen molar-refractivity contribution >= 4 is 5.84 Å². The second kappa shape index (κ2) is 7.87. The van der Waals surface area contributed by atoms with Gasteiger partial charge in [-0.15, -0.1) is 0 Å². The summed E-state index contributed by atoms with van der Waals surface area (Å²) in [6, 6.07) is 6.31. The van der Waals surface area contributed by atoms with Crippen molar-refractivity contribution in [2.75, 3.05) is 20.3 Å². The second-order valence-corrected chi connectivity index (χ2v) is 5.18. The molecule has 20 heavy (non-hydrogen) atoms. The van der Waals surface area contributed by atoms with Crippen LogP contribution in [0.15, 0.2) is 23.4 Å². The fraction of sp³-hybridized carbons (Fsp3) is 0.533. The fourth-order valence-corrected chi connectivity index (χ4v) is 2.04. The minimum atomic E-state index is 0.139. The molecule has 0 unspecified atom stereocenters. The molecule has 1 aromatic carbocycles. The molecular weight excluding hydrogens is 254 g/mol. The third kappa shape index (κ3) is 4.51. The first-order chi connectivity index (χ1) is 9.49. The molecule has 0 saturated carbocycles. The molecule has 1 rings (SSSR count). The molecular formula is C15H25N3O2. The molecule has 0 radical (unpaired) electrons. The summed E-state index contributed by atoms with van der Waals surface area (Å²) in [5.41, 5.74) is 8.72. The lowest BCUT2D eigenvalue weighted by Gasteiger charge is -2.27. The van der Waals surface area contributed by atoms with Crippen molar-refractivity contribution in [1.82, 2.24) is 4.90 Å². The molecule has 0 atom stereocenters. The molecule has 0 amide bonds. The van der Waals surface area contributed by atoms with Crippen molar-refractivity contribution in [2.24, 2.45) is 10.9 Å². The monoisotopic (exact) mass is 279 g/mol. The van der Waals surface area contributed by atoms with Crippen LogP contribution >= 0.6 is 0 Å². The Morgan fingerprint density at radius 3 is 2.65 bits per heavy atom. The maximum Gasteiger partial charge on any atom is 0.170 e. The summed E-state index contributed by atoms with van der Waals surface area (Å²) in [4.78, 5) is 2.36. The predicted octanol–water partition coefficient (Wildman–Crippen LogP) is 1.95. The average Bonchev–Trinajstić information content (AvgIpc) is 2.43. The molecule has 5 heteroatoms. The highest BCUT2D eigenvalue weighted by atomic mass is 16.5. The van der Waals surface area contributed by atoms with Gasteiger partial charge in [-0.05, 0) is 38.0 Å². The molecule has 0 saturated heterocycles. The highest BCUT2D eigenvalue weighted by Gasteiger charge is 2.12. The molecule has 112 valence electrons. The Morgan fingerprint density at radius 2 is 2.15 bits per heavy atom. The normalized spacial score (nSPS) is 12.4. The lowest BCUT2D eigenvalue weighted by molar-refractivity contribution is 0.125. The molecule has 3 N–H and O–H groups in total. The zero-order chi connectivity index (χ0) is 15.1. The fourth-order valence-electron chi connectivity index (χ4n) is 2.04. The van der Waals surface area contributed by atoms with Crippen LogP contribution in [0.1, 0.15) is 30.5 Å². The van der Waals surface area contributed by atoms with Crippen molar-refractivity contribution in [3.63, 3.8) is 0 Å². The number of nitrogens with zero attached hydrogens (tertiary/aromatic N) is 2. The molecule has 0 spiro atoms. The number of rotatable bonds is 7. The van der Waals surface area contributed by atoms with Gasteiger partial charge in [0.15, 0.2) is 5.84 Å². The van der Waals surface area contributed by atoms with Crippen LogP contribution in [0.4, 0.5) is 0 Å². The van der Waals surface area contributed by atoms with Crippen LogP contribution in [0.3, 0.4) is 0 Å². The number of ether oxygens (including phenoxy) is 1. The maximum atomic E-state index is 8.70. The molecule has 0 aliphatic rings. The van der Waals surface area contributed by atoms with Crippen molar-refractivity contribution < 1.29 is 9.94 Å². The van der Waals surface area contributed by atoms with Gasteiger partial charge in [-0.25, -0.2) is 0 Å². The first-order valence-electron chi connectivity index (χ1n) is 6.80. The number of amidine groups is 1. The number of oxime groups is 1. The summed E-state index contributed by atoms with van der Waals surface area (Å²) < 4.78 is 5.15. The third-order valence-electron chi connectivity index (χ3n) is 3.43. The molecule has 0 heterocycles. The van der Waals surface area contributed by atoms with Gasteiger partial charge in [0, 0.05) is 31.8 Å². The predicted molar refractivity (Wildman–Crippen MR) is 81.1 cm³/mol. The van der Waals surface area contributed by atoms with E-state index in [2.05, 4.69) is 23.9 Å². The summed E-state index contributed by atoms with van der Waals surface area (Å²) >= 11 is 0. The highest BCUT2D eigenvalue weighted by molar-refractivity contribution is 5.97. The largest absolute Gasteiger partial charge is 0.409 e. The standard InChI is InChI=1S/C15H25N3O2/c1-11(2)18(7-8-20-4)10-14-6-5-13(9-12(14)3)15(16)17-19/h5-6,9,11,19H,7-8,10H2,1-4H3,(H2,16,17). The number of methoxy groups -OCH3 is 1. The van der Waals surface area contributed by atoms with Gasteiger partial charge < -0.3 is 15.7 Å². The van der Waals surface area contributed by atoms with E-state index in [1.807, 2.05) is 25.1 Å². The van der Waals surface area contributed by atoms with Crippen molar-refractivity contribution in [3.8, 4) is 0 Å². The number of hydrogen-bond donors (Lipinski definition) is 2. The minimum Gasteiger partial charge on any atom is -0.409 e. The van der Waals surface area contributed by atoms with Gasteiger partial charge in [-0.3, -0.25) is 4.90 Å². The van der Waals surface area contributed by atoms with Crippen LogP contribution in [0.5, 0.6) is 0 Å². The Morgan fingerprint density at radius 1 is 1.45 bits per heavy atom. The summed E-state index contributed by atoms with van der Waals surface area (Å²) in [5.74, 6) is 0.139. The Labute approximate surface area is 121 Å². The van der Waals surface area contributed by atoms with Gasteiger partial charge in [0.1, 0.15) is 0 Å². The van der Waals surface area contributed by atoms with E-state index in [4.69, 9.17) is 15.7 Å². The topological polar surface area (TPSA) is 71.1 Å². The van der Waals surface area contributed by atoms with Gasteiger partial charge in [0.25, 0.3) is 0 Å². The van der Waals surface area contributed by atoms with Gasteiger partial charge in [-0.2, -0.15) is 0 Å². The number of hydrogen-bond acceptors (Lipinski definition) is 4. The van der Waals surface area contributed by atoms with E-state index >= 15 is 0 Å². The lowest BCUT2D eigenvalue weighted by Crippen LogP contribution is -2.33. The van der Waals surface area contributed by atoms with E-state index < -0.39 is 0 Å². The van der Waals surface area contributed by atoms with E-state index in [1.165, 1.54) is 5.56 Å². The third-order valence-corrected chi connectivity index (χ3v) is 3.43. The second-order valence-electron chi connectivity index (χ2n) is 5.18. The van der Waals surface area contributed by atoms with Crippen molar-refractivity contribution in [1.29, 1.82) is 0 Å². The highest BCUT2D eigenvalue weighted by Crippen LogP contribution is 2.15. The molecule has 0 aromatic heterocycles. The minimum absolute atomic E-state index is 0.139. The molecule has 1 aromatic rings. The zero-order valence-electron chi connectivity index (χ0n) is 12.8. The van der Waals surface area contributed by atoms with Gasteiger partial charge >= 0.3 is 0 Å². The first kappa shape index (κ1) is 16.5. The Hall–Kier alpha value is -1.59. The van der Waals surface area contributed by atoms with Crippen LogP contribution in [-0.4, -0.2) is 42.2 Å². The Bertz CT molecular complexity index is 458. The smallest absolute Gasteiger partial charge is 0.170 e. The van der Waals surface area contributed by atoms with E-state index in [1.54, 1.807) is 7.11 Å². The van der Waals surface area contributed by atoms with Gasteiger partial charge in [-0.1, -0.05) is 17.3 Å². The maximum absolute atomic E-state index is 8.70. The quantitative estimate of drug-likeness (QED) is 0.346. The van der Waals surface area contributed by atoms with Crippen LogP contribution in [0, 0.1) is 6.92 Å². The SMILES string of the molecule is COCCN(Cc1ccc(/C(N)=N/O)cc1C)C(C)C. The molecule has 0 bridgehead atoms. The summed E-state index contributed by atoms with van der Waals surface area (Å²) in [5, 5.41) is 11.7. The summed E-state index contributed by atoms with van der Waals surface area (Å²) in [6.07, 6.45) is 0. The van der Waals surface area contributed by atoms with Crippen molar-refractivity contribution in [2.45, 2.75) is 33.4 Å². The molecule has 0 aliphatic carbocycles. The summed E-state index contributed by atoms with van der Waals surface area (Å²) in [6.45, 7) is 8.88. The van der Waals surface area contributed by atoms with E-state index in [-0.39, 0.29) is 5.84 Å². The van der Waals surface area contributed by atoms with Crippen LogP contribution in [0.2, 0.25) is 0 Å². The van der Waals surface area contributed by atoms with E-state index in [0.717, 1.165) is 30.8 Å². The number of benzene rings is 1. The van der Waals surface area contributed by atoms with E-state index in [0.29, 0.717) is 6.04 Å². The van der Waals surface area contributed by atoms with Gasteiger partial charge in [0.2, 0.25) is 0 Å². The zero-order valence-corrected chi connectivity index (χ0v) is 12.8. The molecule has 5 nitrogen and oxygen atoms in total. The Balaban J connectivity index is 2.85. The van der Waals surface area contributed by atoms with Crippen LogP contribution < -0.4 is 5.73 Å². The summed E-state index contributed by atoms with van der Waals surface area (Å²) in [7, 11) is 1.72. The lowest BCUT2D eigenvalue weighted by atomic mass is 10.0. The molecule has 0 fully saturated rings. The van der Waals surface area contributed by atoms with E-state index in [9.17, 15) is 0 Å². The van der Waals surface area contributed by atoms with Crippen LogP contribution in [0.25, 0.3) is 0 Å². The average molecular weight is 279 g/mol.